The molecule has 2 aliphatic rings. The van der Waals surface area contributed by atoms with Gasteiger partial charge >= 0.3 is 0 Å². The molecule has 0 saturated carbocycles. The normalized spacial score (nSPS) is 26.6. The number of amides is 2. The number of hydrogen-bond donors (Lipinski definition) is 1. The minimum Gasteiger partial charge on any atom is -0.341 e. The fourth-order valence-corrected chi connectivity index (χ4v) is 3.09. The Balaban J connectivity index is 1.77. The number of likely N-dealkylation sites (tertiary alicyclic amines) is 1. The number of nitrogens with zero attached hydrogens (tertiary/aromatic N) is 2. The highest BCUT2D eigenvalue weighted by Gasteiger charge is 2.26. The monoisotopic (exact) mass is 281 g/mol. The molecule has 2 unspecified atom stereocenters. The molecule has 5 heteroatoms. The summed E-state index contributed by atoms with van der Waals surface area (Å²) >= 11 is 0. The largest absolute Gasteiger partial charge is 0.341 e. The number of nitrogens with one attached hydrogen (secondary N) is 1. The highest BCUT2D eigenvalue weighted by Crippen LogP contribution is 2.18. The molecule has 1 N–H and O–H groups in total. The summed E-state index contributed by atoms with van der Waals surface area (Å²) in [5.41, 5.74) is 0. The van der Waals surface area contributed by atoms with Gasteiger partial charge in [0.05, 0.1) is 6.54 Å². The van der Waals surface area contributed by atoms with Crippen molar-refractivity contribution in [2.24, 2.45) is 5.92 Å². The number of likely N-dealkylation sites (N-methyl/N-ethyl adjacent to an activating group) is 1. The first-order valence-electron chi connectivity index (χ1n) is 7.83. The molecule has 2 heterocycles. The molecule has 2 atom stereocenters. The molecule has 0 bridgehead atoms. The predicted molar refractivity (Wildman–Crippen MR) is 78.3 cm³/mol. The molecule has 0 radical (unpaired) electrons. The highest BCUT2D eigenvalue weighted by molar-refractivity contribution is 5.85. The summed E-state index contributed by atoms with van der Waals surface area (Å²) in [6.45, 7) is 5.11. The van der Waals surface area contributed by atoms with Crippen molar-refractivity contribution in [1.29, 1.82) is 0 Å². The van der Waals surface area contributed by atoms with E-state index in [0.717, 1.165) is 32.5 Å². The van der Waals surface area contributed by atoms with Crippen molar-refractivity contribution in [3.8, 4) is 0 Å². The zero-order chi connectivity index (χ0) is 14.5. The van der Waals surface area contributed by atoms with E-state index in [0.29, 0.717) is 12.3 Å². The smallest absolute Gasteiger partial charge is 0.242 e. The molecule has 0 spiro atoms. The number of rotatable bonds is 4. The van der Waals surface area contributed by atoms with Gasteiger partial charge in [-0.3, -0.25) is 9.59 Å². The van der Waals surface area contributed by atoms with Crippen molar-refractivity contribution >= 4 is 11.8 Å². The average Bonchev–Trinajstić information content (AvgIpc) is 2.95. The molecule has 114 valence electrons. The Labute approximate surface area is 121 Å². The molecule has 0 aromatic carbocycles. The minimum atomic E-state index is 0.0730. The second-order valence-electron chi connectivity index (χ2n) is 6.22. The quantitative estimate of drug-likeness (QED) is 0.831. The van der Waals surface area contributed by atoms with Crippen molar-refractivity contribution in [1.82, 2.24) is 15.1 Å². The summed E-state index contributed by atoms with van der Waals surface area (Å²) in [5, 5.41) is 3.42. The van der Waals surface area contributed by atoms with E-state index in [9.17, 15) is 9.59 Å². The van der Waals surface area contributed by atoms with Gasteiger partial charge in [0.2, 0.25) is 11.8 Å². The first kappa shape index (κ1) is 15.3. The van der Waals surface area contributed by atoms with E-state index < -0.39 is 0 Å². The molecule has 2 amide bonds. The predicted octanol–water partition coefficient (Wildman–Crippen LogP) is 0.845. The van der Waals surface area contributed by atoms with E-state index in [-0.39, 0.29) is 24.4 Å². The Hall–Kier alpha value is -1.10. The van der Waals surface area contributed by atoms with E-state index in [2.05, 4.69) is 12.2 Å². The van der Waals surface area contributed by atoms with Crippen molar-refractivity contribution in [2.45, 2.75) is 45.1 Å². The van der Waals surface area contributed by atoms with E-state index in [1.165, 1.54) is 12.8 Å². The van der Waals surface area contributed by atoms with Crippen LogP contribution in [-0.2, 0) is 9.59 Å². The molecule has 2 aliphatic heterocycles. The van der Waals surface area contributed by atoms with Crippen molar-refractivity contribution in [3.63, 3.8) is 0 Å². The van der Waals surface area contributed by atoms with Crippen LogP contribution in [-0.4, -0.2) is 60.9 Å². The maximum absolute atomic E-state index is 12.2. The van der Waals surface area contributed by atoms with Crippen LogP contribution in [0.3, 0.4) is 0 Å². The number of carbonyl (C=O) groups is 2. The number of carbonyl (C=O) groups excluding carboxylic acids is 2. The zero-order valence-electron chi connectivity index (χ0n) is 12.7. The lowest BCUT2D eigenvalue weighted by atomic mass is 9.90. The van der Waals surface area contributed by atoms with Crippen LogP contribution >= 0.6 is 0 Å². The lowest BCUT2D eigenvalue weighted by molar-refractivity contribution is -0.139. The summed E-state index contributed by atoms with van der Waals surface area (Å²) in [5.74, 6) is 0.696. The Kier molecular flexibility index (Phi) is 5.40. The zero-order valence-corrected chi connectivity index (χ0v) is 12.7. The van der Waals surface area contributed by atoms with Crippen LogP contribution in [0.1, 0.15) is 39.0 Å². The highest BCUT2D eigenvalue weighted by atomic mass is 16.2. The summed E-state index contributed by atoms with van der Waals surface area (Å²) < 4.78 is 0. The van der Waals surface area contributed by atoms with E-state index in [1.54, 1.807) is 11.9 Å². The first-order chi connectivity index (χ1) is 9.58. The molecule has 2 rings (SSSR count). The van der Waals surface area contributed by atoms with Crippen LogP contribution in [0.5, 0.6) is 0 Å². The summed E-state index contributed by atoms with van der Waals surface area (Å²) in [6.07, 6.45) is 5.06. The van der Waals surface area contributed by atoms with Gasteiger partial charge in [0, 0.05) is 32.6 Å². The summed E-state index contributed by atoms with van der Waals surface area (Å²) in [4.78, 5) is 27.7. The number of hydrogen-bond acceptors (Lipinski definition) is 3. The van der Waals surface area contributed by atoms with Crippen LogP contribution in [0.4, 0.5) is 0 Å². The van der Waals surface area contributed by atoms with Crippen LogP contribution in [0.25, 0.3) is 0 Å². The third-order valence-electron chi connectivity index (χ3n) is 4.58. The van der Waals surface area contributed by atoms with Gasteiger partial charge in [0.25, 0.3) is 0 Å². The Morgan fingerprint density at radius 3 is 2.60 bits per heavy atom. The molecular formula is C15H27N3O2. The SMILES string of the molecule is CC1CCCNC1CC(=O)N(C)CC(=O)N1CCCC1. The average molecular weight is 281 g/mol. The molecule has 0 aromatic rings. The Bertz CT molecular complexity index is 353. The van der Waals surface area contributed by atoms with Gasteiger partial charge in [-0.2, -0.15) is 0 Å². The summed E-state index contributed by atoms with van der Waals surface area (Å²) in [6, 6.07) is 0.264. The molecule has 2 saturated heterocycles. The second-order valence-corrected chi connectivity index (χ2v) is 6.22. The number of piperidine rings is 1. The second kappa shape index (κ2) is 7.07. The van der Waals surface area contributed by atoms with Gasteiger partial charge in [-0.1, -0.05) is 6.92 Å². The molecule has 20 heavy (non-hydrogen) atoms. The third-order valence-corrected chi connectivity index (χ3v) is 4.58. The molecule has 2 fully saturated rings. The van der Waals surface area contributed by atoms with Gasteiger partial charge in [0.15, 0.2) is 0 Å². The van der Waals surface area contributed by atoms with E-state index in [4.69, 9.17) is 0 Å². The molecule has 5 nitrogen and oxygen atoms in total. The van der Waals surface area contributed by atoms with Gasteiger partial charge in [-0.15, -0.1) is 0 Å². The van der Waals surface area contributed by atoms with Crippen LogP contribution < -0.4 is 5.32 Å². The molecular weight excluding hydrogens is 254 g/mol. The van der Waals surface area contributed by atoms with Crippen LogP contribution in [0.15, 0.2) is 0 Å². The van der Waals surface area contributed by atoms with E-state index in [1.807, 2.05) is 4.90 Å². The van der Waals surface area contributed by atoms with Gasteiger partial charge in [0.1, 0.15) is 0 Å². The minimum absolute atomic E-state index is 0.0730. The van der Waals surface area contributed by atoms with Crippen molar-refractivity contribution < 1.29 is 9.59 Å². The fraction of sp³-hybridized carbons (Fsp3) is 0.867. The Morgan fingerprint density at radius 2 is 1.95 bits per heavy atom. The van der Waals surface area contributed by atoms with Crippen molar-refractivity contribution in [2.75, 3.05) is 33.2 Å². The van der Waals surface area contributed by atoms with Gasteiger partial charge < -0.3 is 15.1 Å². The van der Waals surface area contributed by atoms with Crippen LogP contribution in [0.2, 0.25) is 0 Å². The maximum Gasteiger partial charge on any atom is 0.242 e. The Morgan fingerprint density at radius 1 is 1.25 bits per heavy atom. The summed E-state index contributed by atoms with van der Waals surface area (Å²) in [7, 11) is 1.74. The van der Waals surface area contributed by atoms with Gasteiger partial charge in [-0.25, -0.2) is 0 Å². The lowest BCUT2D eigenvalue weighted by Gasteiger charge is -2.31. The van der Waals surface area contributed by atoms with E-state index >= 15 is 0 Å². The van der Waals surface area contributed by atoms with Crippen molar-refractivity contribution in [3.05, 3.63) is 0 Å². The standard InChI is InChI=1S/C15H27N3O2/c1-12-6-5-7-16-13(12)10-14(19)17(2)11-15(20)18-8-3-4-9-18/h12-13,16H,3-11H2,1-2H3. The maximum atomic E-state index is 12.2. The lowest BCUT2D eigenvalue weighted by Crippen LogP contribution is -2.45. The third kappa shape index (κ3) is 3.95. The van der Waals surface area contributed by atoms with Crippen LogP contribution in [0, 0.1) is 5.92 Å². The van der Waals surface area contributed by atoms with Gasteiger partial charge in [-0.05, 0) is 38.1 Å². The molecule has 0 aliphatic carbocycles. The first-order valence-corrected chi connectivity index (χ1v) is 7.83. The fourth-order valence-electron chi connectivity index (χ4n) is 3.09. The molecule has 0 aromatic heterocycles. The topological polar surface area (TPSA) is 52.7 Å².